The fourth-order valence-electron chi connectivity index (χ4n) is 5.83. The summed E-state index contributed by atoms with van der Waals surface area (Å²) in [5, 5.41) is 0.351. The molecule has 8 nitrogen and oxygen atoms in total. The van der Waals surface area contributed by atoms with Crippen LogP contribution in [0.1, 0.15) is 24.8 Å². The Morgan fingerprint density at radius 2 is 1.72 bits per heavy atom. The minimum Gasteiger partial charge on any atom is -0.495 e. The highest BCUT2D eigenvalue weighted by atomic mass is 32.2. The molecule has 0 amide bonds. The summed E-state index contributed by atoms with van der Waals surface area (Å²) < 4.78 is 90.1. The number of hydrogen-bond acceptors (Lipinski definition) is 6. The maximum atomic E-state index is 15.4. The van der Waals surface area contributed by atoms with Crippen LogP contribution in [-0.2, 0) is 15.4 Å². The van der Waals surface area contributed by atoms with Gasteiger partial charge in [-0.05, 0) is 61.2 Å². The number of anilines is 1. The molecule has 0 spiro atoms. The zero-order chi connectivity index (χ0) is 27.8. The third kappa shape index (κ3) is 3.78. The summed E-state index contributed by atoms with van der Waals surface area (Å²) in [5.41, 5.74) is -2.76. The molecule has 0 unspecified atom stereocenters. The third-order valence-corrected chi connectivity index (χ3v) is 9.01. The van der Waals surface area contributed by atoms with Crippen molar-refractivity contribution in [3.8, 4) is 11.4 Å². The summed E-state index contributed by atoms with van der Waals surface area (Å²) in [6.07, 6.45) is -2.13. The second-order valence-electron chi connectivity index (χ2n) is 10.00. The summed E-state index contributed by atoms with van der Waals surface area (Å²) >= 11 is 0. The van der Waals surface area contributed by atoms with Crippen molar-refractivity contribution in [3.63, 3.8) is 0 Å². The molecule has 3 saturated carbocycles. The molecule has 7 rings (SSSR count). The molecule has 0 atom stereocenters. The molecule has 4 aromatic rings. The first-order valence-electron chi connectivity index (χ1n) is 11.8. The Bertz CT molecular complexity index is 1790. The number of pyridine rings is 1. The number of hydrogen-bond donors (Lipinski definition) is 1. The largest absolute Gasteiger partial charge is 0.495 e. The topological polar surface area (TPSA) is 103 Å². The molecule has 1 N–H and O–H groups in total. The number of nitrogens with zero attached hydrogens (tertiary/aromatic N) is 3. The quantitative estimate of drug-likeness (QED) is 0.343. The molecule has 2 aromatic heterocycles. The molecule has 13 heteroatoms. The summed E-state index contributed by atoms with van der Waals surface area (Å²) in [6.45, 7) is 0. The number of rotatable bonds is 6. The van der Waals surface area contributed by atoms with Gasteiger partial charge in [0.25, 0.3) is 15.6 Å². The van der Waals surface area contributed by atoms with Crippen molar-refractivity contribution in [2.75, 3.05) is 11.8 Å². The number of halogens is 4. The predicted octanol–water partition coefficient (Wildman–Crippen LogP) is 4.71. The van der Waals surface area contributed by atoms with Crippen LogP contribution in [0.2, 0.25) is 0 Å². The van der Waals surface area contributed by atoms with Gasteiger partial charge in [-0.2, -0.15) is 13.2 Å². The molecule has 0 radical (unpaired) electrons. The monoisotopic (exact) mass is 560 g/mol. The van der Waals surface area contributed by atoms with Gasteiger partial charge in [-0.1, -0.05) is 0 Å². The first-order valence-corrected chi connectivity index (χ1v) is 13.3. The van der Waals surface area contributed by atoms with Gasteiger partial charge < -0.3 is 4.74 Å². The van der Waals surface area contributed by atoms with Crippen LogP contribution in [0.4, 0.5) is 23.5 Å². The smallest absolute Gasteiger partial charge is 0.394 e. The van der Waals surface area contributed by atoms with Crippen molar-refractivity contribution in [1.82, 2.24) is 14.5 Å². The maximum absolute atomic E-state index is 15.4. The van der Waals surface area contributed by atoms with Crippen LogP contribution in [0, 0.1) is 11.2 Å². The number of fused-ring (bicyclic) bond motifs is 1. The van der Waals surface area contributed by atoms with Gasteiger partial charge in [0.05, 0.1) is 28.6 Å². The van der Waals surface area contributed by atoms with Gasteiger partial charge in [0.2, 0.25) is 5.95 Å². The van der Waals surface area contributed by atoms with Gasteiger partial charge >= 0.3 is 6.18 Å². The average Bonchev–Trinajstić information content (AvgIpc) is 2.82. The molecule has 3 aliphatic rings. The number of methoxy groups -OCH3 is 1. The minimum absolute atomic E-state index is 0.0397. The van der Waals surface area contributed by atoms with Gasteiger partial charge in [-0.15, -0.1) is 0 Å². The van der Waals surface area contributed by atoms with E-state index in [2.05, 4.69) is 14.7 Å². The van der Waals surface area contributed by atoms with Crippen LogP contribution in [-0.4, -0.2) is 36.2 Å². The lowest BCUT2D eigenvalue weighted by atomic mass is 9.33. The number of ether oxygens (including phenoxy) is 1. The van der Waals surface area contributed by atoms with Gasteiger partial charge in [0.15, 0.2) is 0 Å². The molecule has 2 aromatic carbocycles. The average molecular weight is 561 g/mol. The van der Waals surface area contributed by atoms with Gasteiger partial charge in [-0.3, -0.25) is 9.36 Å². The standard InChI is InChI=1S/C26H20F4N4O4S/c1-38-21-10-17(24-12-25(13-24,14-24)26(28,29)30)18(27)11-20(21)34-19-5-4-16(9-15(19)3-6-22(34)35)39(36,37)33-23-31-7-2-8-32-23/h2-11H,12-14H2,1H3,(H,31,32,33). The van der Waals surface area contributed by atoms with E-state index in [1.165, 1.54) is 66.5 Å². The molecule has 2 heterocycles. The van der Waals surface area contributed by atoms with Gasteiger partial charge in [-0.25, -0.2) is 27.5 Å². The summed E-state index contributed by atoms with van der Waals surface area (Å²) in [5.74, 6) is -0.754. The predicted molar refractivity (Wildman–Crippen MR) is 133 cm³/mol. The molecular weight excluding hydrogens is 540 g/mol. The lowest BCUT2D eigenvalue weighted by Gasteiger charge is -2.70. The molecule has 0 saturated heterocycles. The van der Waals surface area contributed by atoms with Crippen LogP contribution < -0.4 is 15.0 Å². The van der Waals surface area contributed by atoms with Crippen molar-refractivity contribution < 1.29 is 30.7 Å². The minimum atomic E-state index is -4.33. The Morgan fingerprint density at radius 1 is 1.03 bits per heavy atom. The third-order valence-electron chi connectivity index (χ3n) is 7.68. The first kappa shape index (κ1) is 25.3. The molecule has 3 aliphatic carbocycles. The number of nitrogens with one attached hydrogen (secondary N) is 1. The van der Waals surface area contributed by atoms with Crippen molar-refractivity contribution >= 4 is 26.9 Å². The second kappa shape index (κ2) is 8.25. The second-order valence-corrected chi connectivity index (χ2v) is 11.7. The number of benzene rings is 2. The molecule has 3 fully saturated rings. The fraction of sp³-hybridized carbons (Fsp3) is 0.269. The maximum Gasteiger partial charge on any atom is 0.394 e. The van der Waals surface area contributed by atoms with Crippen LogP contribution in [0.3, 0.4) is 0 Å². The first-order chi connectivity index (χ1) is 18.4. The van der Waals surface area contributed by atoms with Crippen molar-refractivity contribution in [1.29, 1.82) is 0 Å². The van der Waals surface area contributed by atoms with E-state index in [1.54, 1.807) is 0 Å². The lowest BCUT2D eigenvalue weighted by Crippen LogP contribution is -2.70. The number of alkyl halides is 3. The van der Waals surface area contributed by atoms with E-state index in [-0.39, 0.29) is 52.6 Å². The highest BCUT2D eigenvalue weighted by molar-refractivity contribution is 7.92. The van der Waals surface area contributed by atoms with Gasteiger partial charge in [0, 0.05) is 35.3 Å². The fourth-order valence-corrected chi connectivity index (χ4v) is 6.83. The summed E-state index contributed by atoms with van der Waals surface area (Å²) in [4.78, 5) is 20.5. The normalized spacial score (nSPS) is 22.2. The van der Waals surface area contributed by atoms with Crippen molar-refractivity contribution in [2.24, 2.45) is 5.41 Å². The van der Waals surface area contributed by atoms with E-state index < -0.39 is 38.4 Å². The van der Waals surface area contributed by atoms with Crippen LogP contribution in [0.25, 0.3) is 16.6 Å². The molecular formula is C26H20F4N4O4S. The lowest BCUT2D eigenvalue weighted by molar-refractivity contribution is -0.337. The summed E-state index contributed by atoms with van der Waals surface area (Å²) in [7, 11) is -2.75. The zero-order valence-corrected chi connectivity index (χ0v) is 21.1. The number of sulfonamides is 1. The van der Waals surface area contributed by atoms with Crippen molar-refractivity contribution in [2.45, 2.75) is 35.7 Å². The van der Waals surface area contributed by atoms with Crippen LogP contribution >= 0.6 is 0 Å². The van der Waals surface area contributed by atoms with E-state index in [0.29, 0.717) is 5.39 Å². The SMILES string of the molecule is COc1cc(C23CC(C(F)(F)F)(C2)C3)c(F)cc1-n1c(=O)ccc2cc(S(=O)(=O)Nc3ncccn3)ccc21. The Labute approximate surface area is 219 Å². The van der Waals surface area contributed by atoms with Crippen LogP contribution in [0.5, 0.6) is 5.75 Å². The summed E-state index contributed by atoms with van der Waals surface area (Å²) in [6, 6.07) is 10.6. The zero-order valence-electron chi connectivity index (χ0n) is 20.3. The highest BCUT2D eigenvalue weighted by Gasteiger charge is 2.79. The van der Waals surface area contributed by atoms with E-state index >= 15 is 4.39 Å². The highest BCUT2D eigenvalue weighted by Crippen LogP contribution is 2.78. The van der Waals surface area contributed by atoms with Gasteiger partial charge in [0.1, 0.15) is 11.6 Å². The van der Waals surface area contributed by atoms with E-state index in [1.807, 2.05) is 0 Å². The Balaban J connectivity index is 1.40. The van der Waals surface area contributed by atoms with E-state index in [9.17, 15) is 26.4 Å². The van der Waals surface area contributed by atoms with Crippen molar-refractivity contribution in [3.05, 3.63) is 82.7 Å². The Morgan fingerprint density at radius 3 is 2.36 bits per heavy atom. The van der Waals surface area contributed by atoms with Crippen LogP contribution in [0.15, 0.2) is 70.6 Å². The molecule has 39 heavy (non-hydrogen) atoms. The Kier molecular flexibility index (Phi) is 5.35. The molecule has 0 aliphatic heterocycles. The van der Waals surface area contributed by atoms with E-state index in [0.717, 1.165) is 6.07 Å². The number of aromatic nitrogens is 3. The van der Waals surface area contributed by atoms with E-state index in [4.69, 9.17) is 4.74 Å². The molecule has 202 valence electrons. The Hall–Kier alpha value is -4.00. The molecule has 2 bridgehead atoms.